The quantitative estimate of drug-likeness (QED) is 0.714. The SMILES string of the molecule is CC(C)OC(=O)CCc1cnc[nH]1. The first-order valence-electron chi connectivity index (χ1n) is 4.35. The van der Waals surface area contributed by atoms with E-state index in [1.54, 1.807) is 12.5 Å². The molecule has 0 saturated heterocycles. The van der Waals surface area contributed by atoms with Crippen molar-refractivity contribution in [1.29, 1.82) is 0 Å². The molecule has 0 bridgehead atoms. The summed E-state index contributed by atoms with van der Waals surface area (Å²) in [5.41, 5.74) is 0.959. The lowest BCUT2D eigenvalue weighted by atomic mass is 10.2. The van der Waals surface area contributed by atoms with Crippen LogP contribution in [0.4, 0.5) is 0 Å². The molecule has 0 aliphatic heterocycles. The maximum absolute atomic E-state index is 11.1. The summed E-state index contributed by atoms with van der Waals surface area (Å²) in [6.45, 7) is 3.68. The number of hydrogen-bond donors (Lipinski definition) is 1. The zero-order chi connectivity index (χ0) is 9.68. The van der Waals surface area contributed by atoms with Crippen LogP contribution in [0.15, 0.2) is 12.5 Å². The molecule has 0 radical (unpaired) electrons. The third-order valence-electron chi connectivity index (χ3n) is 1.52. The largest absolute Gasteiger partial charge is 0.463 e. The summed E-state index contributed by atoms with van der Waals surface area (Å²) in [5.74, 6) is -0.162. The van der Waals surface area contributed by atoms with E-state index >= 15 is 0 Å². The average molecular weight is 182 g/mol. The molecule has 0 aliphatic carbocycles. The minimum atomic E-state index is -0.162. The predicted octanol–water partition coefficient (Wildman–Crippen LogP) is 1.29. The normalized spacial score (nSPS) is 10.4. The van der Waals surface area contributed by atoms with Crippen LogP contribution >= 0.6 is 0 Å². The first-order valence-corrected chi connectivity index (χ1v) is 4.35. The Bertz CT molecular complexity index is 255. The van der Waals surface area contributed by atoms with E-state index in [0.29, 0.717) is 12.8 Å². The standard InChI is InChI=1S/C9H14N2O2/c1-7(2)13-9(12)4-3-8-5-10-6-11-8/h5-7H,3-4H2,1-2H3,(H,10,11). The number of ether oxygens (including phenoxy) is 1. The van der Waals surface area contributed by atoms with Gasteiger partial charge in [-0.2, -0.15) is 0 Å². The molecule has 0 amide bonds. The highest BCUT2D eigenvalue weighted by molar-refractivity contribution is 5.69. The Balaban J connectivity index is 2.23. The number of imidazole rings is 1. The van der Waals surface area contributed by atoms with Crippen molar-refractivity contribution in [1.82, 2.24) is 9.97 Å². The molecule has 0 atom stereocenters. The number of nitrogens with one attached hydrogen (secondary N) is 1. The summed E-state index contributed by atoms with van der Waals surface area (Å²) >= 11 is 0. The zero-order valence-electron chi connectivity index (χ0n) is 7.91. The van der Waals surface area contributed by atoms with E-state index in [0.717, 1.165) is 5.69 Å². The van der Waals surface area contributed by atoms with Crippen LogP contribution < -0.4 is 0 Å². The Hall–Kier alpha value is -1.32. The van der Waals surface area contributed by atoms with Crippen LogP contribution in [0.25, 0.3) is 0 Å². The molecule has 72 valence electrons. The molecule has 0 unspecified atom stereocenters. The molecular formula is C9H14N2O2. The number of rotatable bonds is 4. The van der Waals surface area contributed by atoms with Crippen LogP contribution in [0.1, 0.15) is 26.0 Å². The summed E-state index contributed by atoms with van der Waals surface area (Å²) < 4.78 is 4.98. The Labute approximate surface area is 77.3 Å². The fraction of sp³-hybridized carbons (Fsp3) is 0.556. The molecule has 4 nitrogen and oxygen atoms in total. The second-order valence-corrected chi connectivity index (χ2v) is 3.12. The highest BCUT2D eigenvalue weighted by Gasteiger charge is 2.05. The molecular weight excluding hydrogens is 168 g/mol. The van der Waals surface area contributed by atoms with Crippen molar-refractivity contribution < 1.29 is 9.53 Å². The van der Waals surface area contributed by atoms with E-state index in [2.05, 4.69) is 9.97 Å². The lowest BCUT2D eigenvalue weighted by Crippen LogP contribution is -2.11. The molecule has 1 N–H and O–H groups in total. The number of hydrogen-bond acceptors (Lipinski definition) is 3. The number of aryl methyl sites for hydroxylation is 1. The highest BCUT2D eigenvalue weighted by atomic mass is 16.5. The van der Waals surface area contributed by atoms with Gasteiger partial charge in [0.25, 0.3) is 0 Å². The Morgan fingerprint density at radius 3 is 3.00 bits per heavy atom. The predicted molar refractivity (Wildman–Crippen MR) is 48.1 cm³/mol. The molecule has 0 fully saturated rings. The van der Waals surface area contributed by atoms with Gasteiger partial charge < -0.3 is 9.72 Å². The fourth-order valence-corrected chi connectivity index (χ4v) is 0.980. The van der Waals surface area contributed by atoms with Gasteiger partial charge in [-0.25, -0.2) is 4.98 Å². The monoisotopic (exact) mass is 182 g/mol. The number of nitrogens with zero attached hydrogens (tertiary/aromatic N) is 1. The van der Waals surface area contributed by atoms with Crippen molar-refractivity contribution in [3.05, 3.63) is 18.2 Å². The van der Waals surface area contributed by atoms with E-state index in [-0.39, 0.29) is 12.1 Å². The van der Waals surface area contributed by atoms with Gasteiger partial charge in [0.15, 0.2) is 0 Å². The highest BCUT2D eigenvalue weighted by Crippen LogP contribution is 2.00. The number of aromatic nitrogens is 2. The fourth-order valence-electron chi connectivity index (χ4n) is 0.980. The van der Waals surface area contributed by atoms with Gasteiger partial charge in [-0.3, -0.25) is 4.79 Å². The van der Waals surface area contributed by atoms with Gasteiger partial charge >= 0.3 is 5.97 Å². The van der Waals surface area contributed by atoms with E-state index in [9.17, 15) is 4.79 Å². The van der Waals surface area contributed by atoms with Gasteiger partial charge in [0.05, 0.1) is 18.9 Å². The van der Waals surface area contributed by atoms with Crippen molar-refractivity contribution in [3.8, 4) is 0 Å². The van der Waals surface area contributed by atoms with E-state index in [1.165, 1.54) is 0 Å². The molecule has 13 heavy (non-hydrogen) atoms. The minimum Gasteiger partial charge on any atom is -0.463 e. The lowest BCUT2D eigenvalue weighted by Gasteiger charge is -2.06. The third-order valence-corrected chi connectivity index (χ3v) is 1.52. The first kappa shape index (κ1) is 9.77. The Morgan fingerprint density at radius 1 is 1.69 bits per heavy atom. The summed E-state index contributed by atoms with van der Waals surface area (Å²) in [6, 6.07) is 0. The first-order chi connectivity index (χ1) is 6.18. The van der Waals surface area contributed by atoms with Crippen molar-refractivity contribution >= 4 is 5.97 Å². The number of esters is 1. The van der Waals surface area contributed by atoms with Gasteiger partial charge in [0.2, 0.25) is 0 Å². The van der Waals surface area contributed by atoms with Crippen LogP contribution in [0.5, 0.6) is 0 Å². The van der Waals surface area contributed by atoms with Gasteiger partial charge in [-0.05, 0) is 20.3 Å². The smallest absolute Gasteiger partial charge is 0.306 e. The molecule has 1 rings (SSSR count). The molecule has 1 aromatic heterocycles. The molecule has 1 heterocycles. The van der Waals surface area contributed by atoms with E-state index < -0.39 is 0 Å². The maximum Gasteiger partial charge on any atom is 0.306 e. The molecule has 0 spiro atoms. The van der Waals surface area contributed by atoms with Crippen molar-refractivity contribution in [2.45, 2.75) is 32.8 Å². The molecule has 0 aromatic carbocycles. The molecule has 0 saturated carbocycles. The Kier molecular flexibility index (Phi) is 3.49. The van der Waals surface area contributed by atoms with Crippen LogP contribution in [0, 0.1) is 0 Å². The lowest BCUT2D eigenvalue weighted by molar-refractivity contribution is -0.147. The second kappa shape index (κ2) is 4.64. The molecule has 1 aromatic rings. The minimum absolute atomic E-state index is 0.0331. The number of carbonyl (C=O) groups excluding carboxylic acids is 1. The average Bonchev–Trinajstić information content (AvgIpc) is 2.51. The zero-order valence-corrected chi connectivity index (χ0v) is 7.91. The van der Waals surface area contributed by atoms with Crippen LogP contribution in [-0.2, 0) is 16.0 Å². The summed E-state index contributed by atoms with van der Waals surface area (Å²) in [7, 11) is 0. The Morgan fingerprint density at radius 2 is 2.46 bits per heavy atom. The number of aromatic amines is 1. The van der Waals surface area contributed by atoms with E-state index in [1.807, 2.05) is 13.8 Å². The van der Waals surface area contributed by atoms with E-state index in [4.69, 9.17) is 4.74 Å². The van der Waals surface area contributed by atoms with Crippen molar-refractivity contribution in [3.63, 3.8) is 0 Å². The van der Waals surface area contributed by atoms with Gasteiger partial charge in [0.1, 0.15) is 0 Å². The van der Waals surface area contributed by atoms with Crippen molar-refractivity contribution in [2.24, 2.45) is 0 Å². The number of H-pyrrole nitrogens is 1. The van der Waals surface area contributed by atoms with Crippen LogP contribution in [0.2, 0.25) is 0 Å². The molecule has 4 heteroatoms. The summed E-state index contributed by atoms with van der Waals surface area (Å²) in [5, 5.41) is 0. The van der Waals surface area contributed by atoms with Crippen LogP contribution in [0.3, 0.4) is 0 Å². The third kappa shape index (κ3) is 3.73. The van der Waals surface area contributed by atoms with Gasteiger partial charge in [-0.15, -0.1) is 0 Å². The molecule has 0 aliphatic rings. The maximum atomic E-state index is 11.1. The topological polar surface area (TPSA) is 55.0 Å². The summed E-state index contributed by atoms with van der Waals surface area (Å²) in [6.07, 6.45) is 4.34. The van der Waals surface area contributed by atoms with Gasteiger partial charge in [0, 0.05) is 11.9 Å². The number of carbonyl (C=O) groups is 1. The summed E-state index contributed by atoms with van der Waals surface area (Å²) in [4.78, 5) is 17.9. The van der Waals surface area contributed by atoms with Gasteiger partial charge in [-0.1, -0.05) is 0 Å². The van der Waals surface area contributed by atoms with Crippen molar-refractivity contribution in [2.75, 3.05) is 0 Å². The van der Waals surface area contributed by atoms with Crippen LogP contribution in [-0.4, -0.2) is 22.0 Å². The second-order valence-electron chi connectivity index (χ2n) is 3.12.